The van der Waals surface area contributed by atoms with E-state index in [1.165, 1.54) is 24.3 Å². The van der Waals surface area contributed by atoms with Crippen molar-refractivity contribution in [2.24, 2.45) is 5.92 Å². The molecular formula is C18H17Cl2NO6S. The first-order chi connectivity index (χ1) is 13.3. The van der Waals surface area contributed by atoms with Gasteiger partial charge < -0.3 is 9.47 Å². The van der Waals surface area contributed by atoms with Crippen LogP contribution in [0.3, 0.4) is 0 Å². The van der Waals surface area contributed by atoms with Gasteiger partial charge in [-0.05, 0) is 55.3 Å². The minimum Gasteiger partial charge on any atom is -0.457 e. The third-order valence-corrected chi connectivity index (χ3v) is 6.12. The smallest absolute Gasteiger partial charge is 0.289 e. The molecule has 2 aromatic carbocycles. The first-order valence-corrected chi connectivity index (χ1v) is 10.6. The Morgan fingerprint density at radius 2 is 1.61 bits per heavy atom. The van der Waals surface area contributed by atoms with Gasteiger partial charge >= 0.3 is 0 Å². The van der Waals surface area contributed by atoms with Gasteiger partial charge in [-0.15, -0.1) is 4.47 Å². The summed E-state index contributed by atoms with van der Waals surface area (Å²) in [5.74, 6) is -0.745. The summed E-state index contributed by atoms with van der Waals surface area (Å²) < 4.78 is 35.6. The van der Waals surface area contributed by atoms with Crippen LogP contribution in [-0.2, 0) is 19.6 Å². The van der Waals surface area contributed by atoms with Gasteiger partial charge in [0.1, 0.15) is 11.5 Å². The Morgan fingerprint density at radius 3 is 2.18 bits per heavy atom. The predicted molar refractivity (Wildman–Crippen MR) is 102 cm³/mol. The summed E-state index contributed by atoms with van der Waals surface area (Å²) in [7, 11) is -4.39. The van der Waals surface area contributed by atoms with Crippen molar-refractivity contribution >= 4 is 39.1 Å². The molecule has 10 heteroatoms. The van der Waals surface area contributed by atoms with Crippen molar-refractivity contribution in [3.63, 3.8) is 0 Å². The van der Waals surface area contributed by atoms with Crippen LogP contribution >= 0.6 is 23.2 Å². The molecule has 2 aromatic rings. The maximum Gasteiger partial charge on any atom is 0.289 e. The second-order valence-corrected chi connectivity index (χ2v) is 8.79. The Labute approximate surface area is 172 Å². The lowest BCUT2D eigenvalue weighted by atomic mass is 10.00. The fourth-order valence-electron chi connectivity index (χ4n) is 2.72. The highest BCUT2D eigenvalue weighted by Gasteiger charge is 2.34. The third kappa shape index (κ3) is 4.76. The largest absolute Gasteiger partial charge is 0.457 e. The van der Waals surface area contributed by atoms with Crippen LogP contribution in [0.4, 0.5) is 0 Å². The maximum atomic E-state index is 12.5. The summed E-state index contributed by atoms with van der Waals surface area (Å²) in [5, 5.41) is 10.8. The maximum absolute atomic E-state index is 12.5. The Kier molecular flexibility index (Phi) is 6.47. The van der Waals surface area contributed by atoms with Gasteiger partial charge in [0, 0.05) is 29.2 Å². The van der Waals surface area contributed by atoms with Crippen LogP contribution in [0.2, 0.25) is 10.0 Å². The van der Waals surface area contributed by atoms with Gasteiger partial charge in [0.2, 0.25) is 0 Å². The highest BCUT2D eigenvalue weighted by Crippen LogP contribution is 2.29. The number of amides is 1. The van der Waals surface area contributed by atoms with Crippen LogP contribution in [0.5, 0.6) is 11.5 Å². The van der Waals surface area contributed by atoms with Gasteiger partial charge in [0.25, 0.3) is 15.9 Å². The van der Waals surface area contributed by atoms with Crippen molar-refractivity contribution < 1.29 is 27.9 Å². The van der Waals surface area contributed by atoms with E-state index < -0.39 is 21.8 Å². The third-order valence-electron chi connectivity index (χ3n) is 4.18. The minimum absolute atomic E-state index is 0.185. The molecule has 1 saturated heterocycles. The molecule has 0 aliphatic carbocycles. The van der Waals surface area contributed by atoms with Crippen molar-refractivity contribution in [1.82, 2.24) is 4.47 Å². The first kappa shape index (κ1) is 20.9. The van der Waals surface area contributed by atoms with Gasteiger partial charge in [-0.2, -0.15) is 8.42 Å². The molecule has 0 spiro atoms. The van der Waals surface area contributed by atoms with E-state index in [0.29, 0.717) is 47.6 Å². The zero-order chi connectivity index (χ0) is 20.3. The SMILES string of the molecule is O=C(C1CCOCC1)N(O)S(=O)(=O)c1ccc(Oc2cc(Cl)cc(Cl)c2)cc1. The Balaban J connectivity index is 1.74. The molecule has 1 N–H and O–H groups in total. The topological polar surface area (TPSA) is 93.1 Å². The number of hydroxylamine groups is 1. The molecule has 0 bridgehead atoms. The second kappa shape index (κ2) is 8.67. The highest BCUT2D eigenvalue weighted by molar-refractivity contribution is 7.89. The molecule has 150 valence electrons. The van der Waals surface area contributed by atoms with Crippen molar-refractivity contribution in [2.75, 3.05) is 13.2 Å². The number of rotatable bonds is 5. The van der Waals surface area contributed by atoms with Gasteiger partial charge in [-0.1, -0.05) is 23.2 Å². The Morgan fingerprint density at radius 1 is 1.04 bits per heavy atom. The van der Waals surface area contributed by atoms with Crippen LogP contribution in [0.15, 0.2) is 47.4 Å². The van der Waals surface area contributed by atoms with E-state index >= 15 is 0 Å². The van der Waals surface area contributed by atoms with Crippen molar-refractivity contribution in [3.05, 3.63) is 52.5 Å². The van der Waals surface area contributed by atoms with Crippen LogP contribution in [-0.4, -0.2) is 37.2 Å². The fourth-order valence-corrected chi connectivity index (χ4v) is 4.29. The molecule has 1 fully saturated rings. The molecule has 0 aromatic heterocycles. The zero-order valence-corrected chi connectivity index (χ0v) is 16.9. The molecular weight excluding hydrogens is 429 g/mol. The van der Waals surface area contributed by atoms with E-state index in [9.17, 15) is 18.4 Å². The van der Waals surface area contributed by atoms with Crippen LogP contribution in [0, 0.1) is 5.92 Å². The number of carbonyl (C=O) groups is 1. The van der Waals surface area contributed by atoms with Gasteiger partial charge in [-0.3, -0.25) is 10.0 Å². The second-order valence-electron chi connectivity index (χ2n) is 6.15. The fraction of sp³-hybridized carbons (Fsp3) is 0.278. The minimum atomic E-state index is -4.39. The number of carbonyl (C=O) groups excluding carboxylic acids is 1. The average molecular weight is 446 g/mol. The van der Waals surface area contributed by atoms with E-state index in [-0.39, 0.29) is 9.36 Å². The monoisotopic (exact) mass is 445 g/mol. The van der Waals surface area contributed by atoms with E-state index in [1.807, 2.05) is 0 Å². The van der Waals surface area contributed by atoms with Crippen molar-refractivity contribution in [2.45, 2.75) is 17.7 Å². The molecule has 7 nitrogen and oxygen atoms in total. The number of ether oxygens (including phenoxy) is 2. The lowest BCUT2D eigenvalue weighted by molar-refractivity contribution is -0.153. The van der Waals surface area contributed by atoms with E-state index in [4.69, 9.17) is 32.7 Å². The van der Waals surface area contributed by atoms with Crippen LogP contribution < -0.4 is 4.74 Å². The van der Waals surface area contributed by atoms with Crippen molar-refractivity contribution in [1.29, 1.82) is 0 Å². The van der Waals surface area contributed by atoms with E-state index in [0.717, 1.165) is 0 Å². The number of halogens is 2. The zero-order valence-electron chi connectivity index (χ0n) is 14.5. The van der Waals surface area contributed by atoms with Gasteiger partial charge in [-0.25, -0.2) is 0 Å². The lowest BCUT2D eigenvalue weighted by Crippen LogP contribution is -2.40. The molecule has 1 aliphatic heterocycles. The summed E-state index contributed by atoms with van der Waals surface area (Å²) in [5.41, 5.74) is 0. The van der Waals surface area contributed by atoms with Gasteiger partial charge in [0.15, 0.2) is 0 Å². The number of sulfonamides is 1. The number of hydrogen-bond donors (Lipinski definition) is 1. The van der Waals surface area contributed by atoms with Crippen molar-refractivity contribution in [3.8, 4) is 11.5 Å². The summed E-state index contributed by atoms with van der Waals surface area (Å²) >= 11 is 11.8. The standard InChI is InChI=1S/C18H17Cl2NO6S/c19-13-9-14(20)11-16(10-13)27-15-1-3-17(4-2-15)28(24,25)21(23)18(22)12-5-7-26-8-6-12/h1-4,9-12,23H,5-8H2. The Hall–Kier alpha value is -1.84. The quantitative estimate of drug-likeness (QED) is 0.549. The summed E-state index contributed by atoms with van der Waals surface area (Å²) in [4.78, 5) is 12.0. The highest BCUT2D eigenvalue weighted by atomic mass is 35.5. The normalized spacial score (nSPS) is 15.2. The summed E-state index contributed by atoms with van der Waals surface area (Å²) in [6, 6.07) is 9.93. The molecule has 0 saturated carbocycles. The molecule has 0 radical (unpaired) electrons. The molecule has 1 heterocycles. The van der Waals surface area contributed by atoms with Crippen LogP contribution in [0.1, 0.15) is 12.8 Å². The number of hydrogen-bond acceptors (Lipinski definition) is 6. The summed E-state index contributed by atoms with van der Waals surface area (Å²) in [6.07, 6.45) is 0.723. The van der Waals surface area contributed by atoms with Crippen LogP contribution in [0.25, 0.3) is 0 Å². The molecule has 1 aliphatic rings. The van der Waals surface area contributed by atoms with E-state index in [2.05, 4.69) is 0 Å². The Bertz CT molecular complexity index is 938. The predicted octanol–water partition coefficient (Wildman–Crippen LogP) is 4.12. The number of benzene rings is 2. The first-order valence-electron chi connectivity index (χ1n) is 8.37. The molecule has 28 heavy (non-hydrogen) atoms. The van der Waals surface area contributed by atoms with E-state index in [1.54, 1.807) is 18.2 Å². The average Bonchev–Trinajstić information content (AvgIpc) is 2.67. The van der Waals surface area contributed by atoms with Gasteiger partial charge in [0.05, 0.1) is 4.90 Å². The molecule has 0 atom stereocenters. The molecule has 0 unspecified atom stereocenters. The number of nitrogens with zero attached hydrogens (tertiary/aromatic N) is 1. The summed E-state index contributed by atoms with van der Waals surface area (Å²) in [6.45, 7) is 0.702. The molecule has 3 rings (SSSR count). The lowest BCUT2D eigenvalue weighted by Gasteiger charge is -2.24. The molecule has 1 amide bonds.